The highest BCUT2D eigenvalue weighted by Crippen LogP contribution is 2.27. The second-order valence-electron chi connectivity index (χ2n) is 4.23. The highest BCUT2D eigenvalue weighted by atomic mass is 16.5. The van der Waals surface area contributed by atoms with Crippen LogP contribution in [0.4, 0.5) is 5.69 Å². The molecular weight excluding hydrogens is 230 g/mol. The molecule has 0 unspecified atom stereocenters. The molecule has 2 rings (SSSR count). The third-order valence-corrected chi connectivity index (χ3v) is 3.04. The van der Waals surface area contributed by atoms with Crippen LogP contribution in [0.2, 0.25) is 0 Å². The largest absolute Gasteiger partial charge is 0.466 e. The number of rotatable bonds is 4. The minimum absolute atomic E-state index is 0.0815. The Morgan fingerprint density at radius 1 is 1.33 bits per heavy atom. The summed E-state index contributed by atoms with van der Waals surface area (Å²) in [6.07, 6.45) is 1.54. The molecule has 0 fully saturated rings. The fourth-order valence-corrected chi connectivity index (χ4v) is 2.18. The van der Waals surface area contributed by atoms with E-state index in [1.54, 1.807) is 11.8 Å². The number of carbonyl (C=O) groups excluding carboxylic acids is 2. The first-order valence-electron chi connectivity index (χ1n) is 6.26. The van der Waals surface area contributed by atoms with Gasteiger partial charge in [0.05, 0.1) is 13.0 Å². The van der Waals surface area contributed by atoms with Gasteiger partial charge in [0.1, 0.15) is 0 Å². The SMILES string of the molecule is CCOC(=O)CCN1C(=O)CCc2ccccc21. The summed E-state index contributed by atoms with van der Waals surface area (Å²) in [5.74, 6) is -0.175. The van der Waals surface area contributed by atoms with Crippen LogP contribution in [0.5, 0.6) is 0 Å². The summed E-state index contributed by atoms with van der Waals surface area (Å²) in [6, 6.07) is 7.84. The molecule has 0 atom stereocenters. The normalized spacial score (nSPS) is 14.3. The van der Waals surface area contributed by atoms with Crippen molar-refractivity contribution in [2.75, 3.05) is 18.1 Å². The number of para-hydroxylation sites is 1. The first kappa shape index (κ1) is 12.6. The molecular formula is C14H17NO3. The Kier molecular flexibility index (Phi) is 3.97. The molecule has 1 amide bonds. The lowest BCUT2D eigenvalue weighted by Crippen LogP contribution is -2.36. The number of fused-ring (bicyclic) bond motifs is 1. The monoisotopic (exact) mass is 247 g/mol. The van der Waals surface area contributed by atoms with E-state index in [1.165, 1.54) is 5.56 Å². The standard InChI is InChI=1S/C14H17NO3/c1-2-18-14(17)9-10-15-12-6-4-3-5-11(12)7-8-13(15)16/h3-6H,2,7-10H2,1H3. The Labute approximate surface area is 107 Å². The summed E-state index contributed by atoms with van der Waals surface area (Å²) in [6.45, 7) is 2.55. The summed E-state index contributed by atoms with van der Waals surface area (Å²) >= 11 is 0. The second-order valence-corrected chi connectivity index (χ2v) is 4.23. The Hall–Kier alpha value is -1.84. The number of hydrogen-bond donors (Lipinski definition) is 0. The highest BCUT2D eigenvalue weighted by Gasteiger charge is 2.23. The molecule has 0 saturated heterocycles. The van der Waals surface area contributed by atoms with E-state index in [9.17, 15) is 9.59 Å². The van der Waals surface area contributed by atoms with Crippen LogP contribution in [-0.4, -0.2) is 25.0 Å². The van der Waals surface area contributed by atoms with Crippen molar-refractivity contribution in [3.05, 3.63) is 29.8 Å². The summed E-state index contributed by atoms with van der Waals surface area (Å²) in [7, 11) is 0. The van der Waals surface area contributed by atoms with E-state index in [1.807, 2.05) is 24.3 Å². The Balaban J connectivity index is 2.07. The van der Waals surface area contributed by atoms with Gasteiger partial charge in [0.25, 0.3) is 0 Å². The molecule has 96 valence electrons. The maximum absolute atomic E-state index is 11.9. The van der Waals surface area contributed by atoms with Crippen molar-refractivity contribution in [1.82, 2.24) is 0 Å². The quantitative estimate of drug-likeness (QED) is 0.764. The number of ether oxygens (including phenoxy) is 1. The van der Waals surface area contributed by atoms with Gasteiger partial charge in [0, 0.05) is 18.7 Å². The van der Waals surface area contributed by atoms with Crippen LogP contribution in [0.1, 0.15) is 25.3 Å². The number of carbonyl (C=O) groups is 2. The molecule has 0 saturated carbocycles. The maximum atomic E-state index is 11.9. The first-order chi connectivity index (χ1) is 8.72. The van der Waals surface area contributed by atoms with Crippen molar-refractivity contribution < 1.29 is 14.3 Å². The Morgan fingerprint density at radius 3 is 2.89 bits per heavy atom. The fraction of sp³-hybridized carbons (Fsp3) is 0.429. The Bertz CT molecular complexity index is 456. The zero-order valence-corrected chi connectivity index (χ0v) is 10.5. The molecule has 0 aromatic heterocycles. The molecule has 0 radical (unpaired) electrons. The number of amides is 1. The average Bonchev–Trinajstić information content (AvgIpc) is 2.38. The number of aryl methyl sites for hydroxylation is 1. The van der Waals surface area contributed by atoms with Crippen LogP contribution in [0.25, 0.3) is 0 Å². The number of anilines is 1. The molecule has 0 N–H and O–H groups in total. The van der Waals surface area contributed by atoms with E-state index in [4.69, 9.17) is 4.74 Å². The van der Waals surface area contributed by atoms with Crippen LogP contribution in [0.15, 0.2) is 24.3 Å². The number of benzene rings is 1. The van der Waals surface area contributed by atoms with Gasteiger partial charge in [-0.25, -0.2) is 0 Å². The van der Waals surface area contributed by atoms with Crippen LogP contribution in [-0.2, 0) is 20.7 Å². The summed E-state index contributed by atoms with van der Waals surface area (Å²) in [5.41, 5.74) is 2.10. The molecule has 4 nitrogen and oxygen atoms in total. The molecule has 0 bridgehead atoms. The van der Waals surface area contributed by atoms with E-state index in [0.29, 0.717) is 19.6 Å². The molecule has 1 heterocycles. The second kappa shape index (κ2) is 5.67. The van der Waals surface area contributed by atoms with E-state index in [-0.39, 0.29) is 18.3 Å². The van der Waals surface area contributed by atoms with Gasteiger partial charge >= 0.3 is 5.97 Å². The smallest absolute Gasteiger partial charge is 0.307 e. The van der Waals surface area contributed by atoms with E-state index >= 15 is 0 Å². The first-order valence-corrected chi connectivity index (χ1v) is 6.26. The topological polar surface area (TPSA) is 46.6 Å². The van der Waals surface area contributed by atoms with E-state index in [0.717, 1.165) is 12.1 Å². The third-order valence-electron chi connectivity index (χ3n) is 3.04. The van der Waals surface area contributed by atoms with Crippen LogP contribution in [0, 0.1) is 0 Å². The predicted octanol–water partition coefficient (Wildman–Crippen LogP) is 1.92. The van der Waals surface area contributed by atoms with Gasteiger partial charge in [-0.3, -0.25) is 9.59 Å². The van der Waals surface area contributed by atoms with Gasteiger partial charge in [-0.15, -0.1) is 0 Å². The van der Waals surface area contributed by atoms with Crippen molar-refractivity contribution in [3.8, 4) is 0 Å². The molecule has 1 aliphatic heterocycles. The van der Waals surface area contributed by atoms with Gasteiger partial charge in [0.15, 0.2) is 0 Å². The van der Waals surface area contributed by atoms with Gasteiger partial charge in [-0.1, -0.05) is 18.2 Å². The number of hydrogen-bond acceptors (Lipinski definition) is 3. The zero-order chi connectivity index (χ0) is 13.0. The summed E-state index contributed by atoms with van der Waals surface area (Å²) in [5, 5.41) is 0. The third kappa shape index (κ3) is 2.70. The predicted molar refractivity (Wildman–Crippen MR) is 68.4 cm³/mol. The van der Waals surface area contributed by atoms with Gasteiger partial charge < -0.3 is 9.64 Å². The number of esters is 1. The lowest BCUT2D eigenvalue weighted by Gasteiger charge is -2.29. The lowest BCUT2D eigenvalue weighted by atomic mass is 10.0. The van der Waals surface area contributed by atoms with Crippen LogP contribution < -0.4 is 4.90 Å². The molecule has 4 heteroatoms. The van der Waals surface area contributed by atoms with E-state index < -0.39 is 0 Å². The maximum Gasteiger partial charge on any atom is 0.307 e. The summed E-state index contributed by atoms with van der Waals surface area (Å²) in [4.78, 5) is 24.9. The van der Waals surface area contributed by atoms with Crippen LogP contribution in [0.3, 0.4) is 0 Å². The fourth-order valence-electron chi connectivity index (χ4n) is 2.18. The Morgan fingerprint density at radius 2 is 2.11 bits per heavy atom. The van der Waals surface area contributed by atoms with Crippen LogP contribution >= 0.6 is 0 Å². The average molecular weight is 247 g/mol. The van der Waals surface area contributed by atoms with Crippen molar-refractivity contribution in [2.45, 2.75) is 26.2 Å². The molecule has 1 aliphatic rings. The van der Waals surface area contributed by atoms with Crippen molar-refractivity contribution in [3.63, 3.8) is 0 Å². The number of nitrogens with zero attached hydrogens (tertiary/aromatic N) is 1. The van der Waals surface area contributed by atoms with Gasteiger partial charge in [0.2, 0.25) is 5.91 Å². The minimum Gasteiger partial charge on any atom is -0.466 e. The minimum atomic E-state index is -0.256. The molecule has 18 heavy (non-hydrogen) atoms. The zero-order valence-electron chi connectivity index (χ0n) is 10.5. The van der Waals surface area contributed by atoms with E-state index in [2.05, 4.69) is 0 Å². The van der Waals surface area contributed by atoms with Gasteiger partial charge in [-0.2, -0.15) is 0 Å². The highest BCUT2D eigenvalue weighted by molar-refractivity contribution is 5.96. The van der Waals surface area contributed by atoms with Crippen molar-refractivity contribution in [2.24, 2.45) is 0 Å². The van der Waals surface area contributed by atoms with Crippen molar-refractivity contribution >= 4 is 17.6 Å². The molecule has 1 aromatic rings. The lowest BCUT2D eigenvalue weighted by molar-refractivity contribution is -0.142. The molecule has 0 aliphatic carbocycles. The summed E-state index contributed by atoms with van der Waals surface area (Å²) < 4.78 is 4.88. The van der Waals surface area contributed by atoms with Gasteiger partial charge in [-0.05, 0) is 25.0 Å². The molecule has 0 spiro atoms. The van der Waals surface area contributed by atoms with Crippen molar-refractivity contribution in [1.29, 1.82) is 0 Å². The molecule has 1 aromatic carbocycles.